The third-order valence-corrected chi connectivity index (χ3v) is 3.71. The molecule has 2 N–H and O–H groups in total. The van der Waals surface area contributed by atoms with Gasteiger partial charge in [-0.3, -0.25) is 14.4 Å². The van der Waals surface area contributed by atoms with Gasteiger partial charge in [-0.2, -0.15) is 0 Å². The van der Waals surface area contributed by atoms with Crippen LogP contribution in [-0.2, 0) is 20.8 Å². The second-order valence-electron chi connectivity index (χ2n) is 6.09. The fourth-order valence-electron chi connectivity index (χ4n) is 2.26. The van der Waals surface area contributed by atoms with Gasteiger partial charge in [0.25, 0.3) is 0 Å². The Kier molecular flexibility index (Phi) is 7.95. The molecule has 1 aromatic rings. The van der Waals surface area contributed by atoms with Gasteiger partial charge in [0, 0.05) is 19.0 Å². The first-order valence-electron chi connectivity index (χ1n) is 8.13. The molecule has 0 bridgehead atoms. The van der Waals surface area contributed by atoms with Crippen molar-refractivity contribution in [1.82, 2.24) is 10.2 Å². The van der Waals surface area contributed by atoms with E-state index in [1.807, 2.05) is 45.0 Å². The Morgan fingerprint density at radius 3 is 2.29 bits per heavy atom. The summed E-state index contributed by atoms with van der Waals surface area (Å²) >= 11 is 0. The molecule has 0 aliphatic carbocycles. The molecule has 0 heterocycles. The summed E-state index contributed by atoms with van der Waals surface area (Å²) in [5, 5.41) is 11.3. The molecule has 24 heavy (non-hydrogen) atoms. The van der Waals surface area contributed by atoms with Gasteiger partial charge in [0.2, 0.25) is 11.8 Å². The van der Waals surface area contributed by atoms with Crippen molar-refractivity contribution in [2.75, 3.05) is 13.1 Å². The SMILES string of the molecule is Cc1ccc(CCC(=O)NCC(=O)N(CCC(=O)O)C(C)C)cc1. The lowest BCUT2D eigenvalue weighted by molar-refractivity contribution is -0.139. The van der Waals surface area contributed by atoms with Crippen molar-refractivity contribution in [2.45, 2.75) is 46.1 Å². The van der Waals surface area contributed by atoms with E-state index in [2.05, 4.69) is 5.32 Å². The number of hydrogen-bond acceptors (Lipinski definition) is 3. The van der Waals surface area contributed by atoms with E-state index >= 15 is 0 Å². The van der Waals surface area contributed by atoms with Gasteiger partial charge in [0.05, 0.1) is 13.0 Å². The van der Waals surface area contributed by atoms with Crippen LogP contribution in [0.3, 0.4) is 0 Å². The van der Waals surface area contributed by atoms with Crippen molar-refractivity contribution < 1.29 is 19.5 Å². The second kappa shape index (κ2) is 9.70. The number of carbonyl (C=O) groups is 3. The number of nitrogens with zero attached hydrogens (tertiary/aromatic N) is 1. The van der Waals surface area contributed by atoms with Gasteiger partial charge in [-0.1, -0.05) is 29.8 Å². The molecular formula is C18H26N2O4. The number of benzene rings is 1. The summed E-state index contributed by atoms with van der Waals surface area (Å²) in [6, 6.07) is 7.86. The van der Waals surface area contributed by atoms with Gasteiger partial charge < -0.3 is 15.3 Å². The van der Waals surface area contributed by atoms with Crippen molar-refractivity contribution in [3.8, 4) is 0 Å². The Hall–Kier alpha value is -2.37. The monoisotopic (exact) mass is 334 g/mol. The van der Waals surface area contributed by atoms with E-state index < -0.39 is 5.97 Å². The average molecular weight is 334 g/mol. The summed E-state index contributed by atoms with van der Waals surface area (Å²) in [5.41, 5.74) is 2.25. The van der Waals surface area contributed by atoms with Crippen LogP contribution in [0.4, 0.5) is 0 Å². The lowest BCUT2D eigenvalue weighted by Gasteiger charge is -2.26. The normalized spacial score (nSPS) is 10.5. The predicted molar refractivity (Wildman–Crippen MR) is 91.6 cm³/mol. The van der Waals surface area contributed by atoms with E-state index in [4.69, 9.17) is 5.11 Å². The predicted octanol–water partition coefficient (Wildman–Crippen LogP) is 1.76. The minimum atomic E-state index is -0.949. The molecule has 132 valence electrons. The van der Waals surface area contributed by atoms with Gasteiger partial charge in [-0.25, -0.2) is 0 Å². The Bertz CT molecular complexity index is 567. The topological polar surface area (TPSA) is 86.7 Å². The molecular weight excluding hydrogens is 308 g/mol. The minimum Gasteiger partial charge on any atom is -0.481 e. The highest BCUT2D eigenvalue weighted by Gasteiger charge is 2.18. The van der Waals surface area contributed by atoms with Crippen LogP contribution >= 0.6 is 0 Å². The van der Waals surface area contributed by atoms with Crippen molar-refractivity contribution in [2.24, 2.45) is 0 Å². The molecule has 1 aromatic carbocycles. The van der Waals surface area contributed by atoms with Crippen molar-refractivity contribution in [1.29, 1.82) is 0 Å². The van der Waals surface area contributed by atoms with Gasteiger partial charge in [-0.15, -0.1) is 0 Å². The largest absolute Gasteiger partial charge is 0.481 e. The molecule has 0 atom stereocenters. The Morgan fingerprint density at radius 2 is 1.75 bits per heavy atom. The maximum absolute atomic E-state index is 12.1. The zero-order chi connectivity index (χ0) is 18.1. The van der Waals surface area contributed by atoms with Gasteiger partial charge in [-0.05, 0) is 32.8 Å². The lowest BCUT2D eigenvalue weighted by atomic mass is 10.1. The molecule has 6 nitrogen and oxygen atoms in total. The first-order valence-corrected chi connectivity index (χ1v) is 8.13. The number of rotatable bonds is 9. The first-order chi connectivity index (χ1) is 11.3. The quantitative estimate of drug-likeness (QED) is 0.720. The van der Waals surface area contributed by atoms with Gasteiger partial charge >= 0.3 is 5.97 Å². The fourth-order valence-corrected chi connectivity index (χ4v) is 2.26. The summed E-state index contributed by atoms with van der Waals surface area (Å²) in [7, 11) is 0. The van der Waals surface area contributed by atoms with Crippen LogP contribution in [0.2, 0.25) is 0 Å². The smallest absolute Gasteiger partial charge is 0.305 e. The van der Waals surface area contributed by atoms with E-state index in [9.17, 15) is 14.4 Å². The molecule has 0 saturated carbocycles. The number of carbonyl (C=O) groups excluding carboxylic acids is 2. The van der Waals surface area contributed by atoms with Crippen LogP contribution in [0, 0.1) is 6.92 Å². The van der Waals surface area contributed by atoms with Crippen LogP contribution < -0.4 is 5.32 Å². The van der Waals surface area contributed by atoms with Crippen molar-refractivity contribution in [3.63, 3.8) is 0 Å². The van der Waals surface area contributed by atoms with Crippen LogP contribution in [0.15, 0.2) is 24.3 Å². The average Bonchev–Trinajstić information content (AvgIpc) is 2.51. The summed E-state index contributed by atoms with van der Waals surface area (Å²) in [6.45, 7) is 5.68. The van der Waals surface area contributed by atoms with Gasteiger partial charge in [0.15, 0.2) is 0 Å². The van der Waals surface area contributed by atoms with E-state index in [1.165, 1.54) is 10.5 Å². The number of carboxylic acids is 1. The molecule has 2 amide bonds. The zero-order valence-corrected chi connectivity index (χ0v) is 14.5. The molecule has 0 fully saturated rings. The van der Waals surface area contributed by atoms with E-state index in [1.54, 1.807) is 0 Å². The van der Waals surface area contributed by atoms with E-state index in [0.717, 1.165) is 5.56 Å². The molecule has 6 heteroatoms. The highest BCUT2D eigenvalue weighted by molar-refractivity contribution is 5.85. The second-order valence-corrected chi connectivity index (χ2v) is 6.09. The van der Waals surface area contributed by atoms with E-state index in [-0.39, 0.29) is 37.4 Å². The molecule has 0 aliphatic heterocycles. The molecule has 0 aliphatic rings. The van der Waals surface area contributed by atoms with Gasteiger partial charge in [0.1, 0.15) is 0 Å². The lowest BCUT2D eigenvalue weighted by Crippen LogP contribution is -2.44. The van der Waals surface area contributed by atoms with E-state index in [0.29, 0.717) is 12.8 Å². The number of aliphatic carboxylic acids is 1. The molecule has 0 radical (unpaired) electrons. The van der Waals surface area contributed by atoms with Crippen molar-refractivity contribution >= 4 is 17.8 Å². The summed E-state index contributed by atoms with van der Waals surface area (Å²) in [5.74, 6) is -1.41. The first kappa shape index (κ1) is 19.7. The third-order valence-electron chi connectivity index (χ3n) is 3.71. The standard InChI is InChI=1S/C18H26N2O4/c1-13(2)20(11-10-18(23)24)17(22)12-19-16(21)9-8-15-6-4-14(3)5-7-15/h4-7,13H,8-12H2,1-3H3,(H,19,21)(H,23,24). The molecule has 0 unspecified atom stereocenters. The highest BCUT2D eigenvalue weighted by atomic mass is 16.4. The fraction of sp³-hybridized carbons (Fsp3) is 0.500. The summed E-state index contributed by atoms with van der Waals surface area (Å²) < 4.78 is 0. The maximum Gasteiger partial charge on any atom is 0.305 e. The summed E-state index contributed by atoms with van der Waals surface area (Å²) in [6.07, 6.45) is 0.825. The molecule has 0 aromatic heterocycles. The summed E-state index contributed by atoms with van der Waals surface area (Å²) in [4.78, 5) is 36.1. The minimum absolute atomic E-state index is 0.106. The number of nitrogens with one attached hydrogen (secondary N) is 1. The number of amides is 2. The third kappa shape index (κ3) is 7.26. The molecule has 1 rings (SSSR count). The van der Waals surface area contributed by atoms with Crippen LogP contribution in [0.25, 0.3) is 0 Å². The zero-order valence-electron chi connectivity index (χ0n) is 14.5. The maximum atomic E-state index is 12.1. The Morgan fingerprint density at radius 1 is 1.12 bits per heavy atom. The Balaban J connectivity index is 2.39. The number of hydrogen-bond donors (Lipinski definition) is 2. The highest BCUT2D eigenvalue weighted by Crippen LogP contribution is 2.06. The Labute approximate surface area is 142 Å². The van der Waals surface area contributed by atoms with Crippen LogP contribution in [0.1, 0.15) is 37.8 Å². The number of aryl methyl sites for hydroxylation is 2. The van der Waals surface area contributed by atoms with Crippen LogP contribution in [-0.4, -0.2) is 46.9 Å². The molecule has 0 saturated heterocycles. The van der Waals surface area contributed by atoms with Crippen molar-refractivity contribution in [3.05, 3.63) is 35.4 Å². The van der Waals surface area contributed by atoms with Crippen LogP contribution in [0.5, 0.6) is 0 Å². The molecule has 0 spiro atoms. The number of carboxylic acid groups (broad SMARTS) is 1.